The molecule has 4 heteroatoms. The maximum atomic E-state index is 11.9. The molecule has 1 amide bonds. The van der Waals surface area contributed by atoms with Gasteiger partial charge >= 0.3 is 0 Å². The molecule has 110 valence electrons. The van der Waals surface area contributed by atoms with Gasteiger partial charge in [0.15, 0.2) is 0 Å². The number of nitrogens with one attached hydrogen (secondary N) is 2. The molecule has 0 spiro atoms. The molecular formula is C17H21N3O. The Kier molecular flexibility index (Phi) is 4.93. The second-order valence-electron chi connectivity index (χ2n) is 5.25. The second-order valence-corrected chi connectivity index (χ2v) is 5.25. The molecule has 1 heterocycles. The minimum atomic E-state index is -0.139. The van der Waals surface area contributed by atoms with Crippen molar-refractivity contribution in [2.24, 2.45) is 5.92 Å². The number of benzene rings is 1. The highest BCUT2D eigenvalue weighted by atomic mass is 16.1. The van der Waals surface area contributed by atoms with Gasteiger partial charge in [-0.1, -0.05) is 44.2 Å². The SMILES string of the molecule is C/C=C/C=C/C(=O)NC(c1nc2ccccc2[nH]1)C(C)C. The number of carbonyl (C=O) groups excluding carboxylic acids is 1. The number of rotatable bonds is 5. The quantitative estimate of drug-likeness (QED) is 0.651. The molecule has 1 atom stereocenters. The molecule has 0 saturated carbocycles. The lowest BCUT2D eigenvalue weighted by Crippen LogP contribution is -2.31. The predicted molar refractivity (Wildman–Crippen MR) is 85.8 cm³/mol. The summed E-state index contributed by atoms with van der Waals surface area (Å²) in [7, 11) is 0. The van der Waals surface area contributed by atoms with Gasteiger partial charge in [-0.25, -0.2) is 4.98 Å². The molecule has 0 saturated heterocycles. The number of aromatic amines is 1. The molecule has 1 aromatic heterocycles. The molecule has 0 aliphatic carbocycles. The van der Waals surface area contributed by atoms with E-state index in [0.717, 1.165) is 16.9 Å². The van der Waals surface area contributed by atoms with E-state index in [1.807, 2.05) is 43.3 Å². The summed E-state index contributed by atoms with van der Waals surface area (Å²) in [4.78, 5) is 19.8. The Morgan fingerprint density at radius 3 is 2.71 bits per heavy atom. The molecule has 0 bridgehead atoms. The minimum absolute atomic E-state index is 0.118. The van der Waals surface area contributed by atoms with E-state index in [1.165, 1.54) is 6.08 Å². The van der Waals surface area contributed by atoms with Gasteiger partial charge in [-0.3, -0.25) is 4.79 Å². The van der Waals surface area contributed by atoms with Crippen molar-refractivity contribution >= 4 is 16.9 Å². The molecule has 2 rings (SSSR count). The standard InChI is InChI=1S/C17H21N3O/c1-4-5-6-11-15(21)20-16(12(2)3)17-18-13-9-7-8-10-14(13)19-17/h4-12,16H,1-3H3,(H,18,19)(H,20,21)/b5-4+,11-6+. The van der Waals surface area contributed by atoms with Gasteiger partial charge in [-0.15, -0.1) is 0 Å². The summed E-state index contributed by atoms with van der Waals surface area (Å²) in [6, 6.07) is 7.72. The molecule has 21 heavy (non-hydrogen) atoms. The van der Waals surface area contributed by atoms with Gasteiger partial charge in [-0.05, 0) is 25.0 Å². The van der Waals surface area contributed by atoms with Crippen LogP contribution in [0.1, 0.15) is 32.6 Å². The smallest absolute Gasteiger partial charge is 0.244 e. The van der Waals surface area contributed by atoms with Crippen molar-refractivity contribution in [1.29, 1.82) is 0 Å². The Morgan fingerprint density at radius 1 is 1.29 bits per heavy atom. The van der Waals surface area contributed by atoms with E-state index < -0.39 is 0 Å². The number of para-hydroxylation sites is 2. The number of hydrogen-bond acceptors (Lipinski definition) is 2. The number of nitrogens with zero attached hydrogens (tertiary/aromatic N) is 1. The Bertz CT molecular complexity index is 634. The zero-order valence-electron chi connectivity index (χ0n) is 12.6. The average Bonchev–Trinajstić information content (AvgIpc) is 2.88. The molecule has 0 aliphatic heterocycles. The first-order chi connectivity index (χ1) is 10.1. The van der Waals surface area contributed by atoms with Crippen LogP contribution >= 0.6 is 0 Å². The van der Waals surface area contributed by atoms with Crippen molar-refractivity contribution in [3.05, 3.63) is 54.4 Å². The first-order valence-electron chi connectivity index (χ1n) is 7.16. The topological polar surface area (TPSA) is 57.8 Å². The van der Waals surface area contributed by atoms with Crippen molar-refractivity contribution in [2.75, 3.05) is 0 Å². The number of amides is 1. The van der Waals surface area contributed by atoms with E-state index in [-0.39, 0.29) is 17.9 Å². The van der Waals surface area contributed by atoms with Crippen molar-refractivity contribution < 1.29 is 4.79 Å². The van der Waals surface area contributed by atoms with Crippen molar-refractivity contribution in [3.8, 4) is 0 Å². The predicted octanol–water partition coefficient (Wildman–Crippen LogP) is 3.51. The molecule has 4 nitrogen and oxygen atoms in total. The van der Waals surface area contributed by atoms with Crippen LogP contribution in [-0.2, 0) is 4.79 Å². The van der Waals surface area contributed by atoms with Gasteiger partial charge in [0.2, 0.25) is 5.91 Å². The van der Waals surface area contributed by atoms with Gasteiger partial charge in [0.25, 0.3) is 0 Å². The Labute approximate surface area is 125 Å². The molecule has 0 aliphatic rings. The lowest BCUT2D eigenvalue weighted by Gasteiger charge is -2.19. The minimum Gasteiger partial charge on any atom is -0.342 e. The third-order valence-corrected chi connectivity index (χ3v) is 3.22. The molecule has 1 unspecified atom stereocenters. The zero-order valence-corrected chi connectivity index (χ0v) is 12.6. The van der Waals surface area contributed by atoms with E-state index in [1.54, 1.807) is 6.08 Å². The first-order valence-corrected chi connectivity index (χ1v) is 7.16. The summed E-state index contributed by atoms with van der Waals surface area (Å²) in [5.74, 6) is 0.913. The van der Waals surface area contributed by atoms with Gasteiger partial charge in [0, 0.05) is 6.08 Å². The van der Waals surface area contributed by atoms with E-state index in [0.29, 0.717) is 0 Å². The van der Waals surface area contributed by atoms with Crippen molar-refractivity contribution in [1.82, 2.24) is 15.3 Å². The molecule has 0 fully saturated rings. The summed E-state index contributed by atoms with van der Waals surface area (Å²) in [5.41, 5.74) is 1.90. The highest BCUT2D eigenvalue weighted by Crippen LogP contribution is 2.22. The van der Waals surface area contributed by atoms with Crippen LogP contribution in [0.2, 0.25) is 0 Å². The van der Waals surface area contributed by atoms with Crippen LogP contribution < -0.4 is 5.32 Å². The third-order valence-electron chi connectivity index (χ3n) is 3.22. The largest absolute Gasteiger partial charge is 0.342 e. The van der Waals surface area contributed by atoms with Crippen LogP contribution in [-0.4, -0.2) is 15.9 Å². The molecule has 2 N–H and O–H groups in total. The Balaban J connectivity index is 2.20. The highest BCUT2D eigenvalue weighted by Gasteiger charge is 2.20. The number of H-pyrrole nitrogens is 1. The van der Waals surface area contributed by atoms with E-state index in [9.17, 15) is 4.79 Å². The fraction of sp³-hybridized carbons (Fsp3) is 0.294. The van der Waals surface area contributed by atoms with Gasteiger partial charge in [0.1, 0.15) is 5.82 Å². The lowest BCUT2D eigenvalue weighted by molar-refractivity contribution is -0.117. The lowest BCUT2D eigenvalue weighted by atomic mass is 10.0. The van der Waals surface area contributed by atoms with Crippen LogP contribution in [0, 0.1) is 5.92 Å². The molecular weight excluding hydrogens is 262 g/mol. The fourth-order valence-corrected chi connectivity index (χ4v) is 2.13. The Morgan fingerprint density at radius 2 is 2.05 bits per heavy atom. The molecule has 0 radical (unpaired) electrons. The monoisotopic (exact) mass is 283 g/mol. The van der Waals surface area contributed by atoms with E-state index in [4.69, 9.17) is 0 Å². The highest BCUT2D eigenvalue weighted by molar-refractivity contribution is 5.88. The normalized spacial score (nSPS) is 13.5. The zero-order chi connectivity index (χ0) is 15.2. The summed E-state index contributed by atoms with van der Waals surface area (Å²) in [6.07, 6.45) is 6.96. The van der Waals surface area contributed by atoms with Crippen molar-refractivity contribution in [3.63, 3.8) is 0 Å². The molecule has 2 aromatic rings. The average molecular weight is 283 g/mol. The number of aromatic nitrogens is 2. The molecule has 1 aromatic carbocycles. The van der Waals surface area contributed by atoms with E-state index in [2.05, 4.69) is 29.1 Å². The fourth-order valence-electron chi connectivity index (χ4n) is 2.13. The number of imidazole rings is 1. The third kappa shape index (κ3) is 3.81. The summed E-state index contributed by atoms with van der Waals surface area (Å²) in [5, 5.41) is 3.00. The maximum absolute atomic E-state index is 11.9. The van der Waals surface area contributed by atoms with Crippen LogP contribution in [0.3, 0.4) is 0 Å². The number of fused-ring (bicyclic) bond motifs is 1. The number of hydrogen-bond donors (Lipinski definition) is 2. The summed E-state index contributed by atoms with van der Waals surface area (Å²) in [6.45, 7) is 6.04. The summed E-state index contributed by atoms with van der Waals surface area (Å²) >= 11 is 0. The van der Waals surface area contributed by atoms with Crippen LogP contribution in [0.5, 0.6) is 0 Å². The van der Waals surface area contributed by atoms with Gasteiger partial charge in [-0.2, -0.15) is 0 Å². The van der Waals surface area contributed by atoms with Crippen LogP contribution in [0.4, 0.5) is 0 Å². The van der Waals surface area contributed by atoms with Crippen molar-refractivity contribution in [2.45, 2.75) is 26.8 Å². The Hall–Kier alpha value is -2.36. The summed E-state index contributed by atoms with van der Waals surface area (Å²) < 4.78 is 0. The van der Waals surface area contributed by atoms with Crippen LogP contribution in [0.25, 0.3) is 11.0 Å². The first kappa shape index (κ1) is 15.0. The van der Waals surface area contributed by atoms with Crippen LogP contribution in [0.15, 0.2) is 48.6 Å². The van der Waals surface area contributed by atoms with Gasteiger partial charge in [0.05, 0.1) is 17.1 Å². The number of carbonyl (C=O) groups is 1. The number of allylic oxidation sites excluding steroid dienone is 3. The van der Waals surface area contributed by atoms with Gasteiger partial charge < -0.3 is 10.3 Å². The maximum Gasteiger partial charge on any atom is 0.244 e. The second kappa shape index (κ2) is 6.88. The van der Waals surface area contributed by atoms with E-state index >= 15 is 0 Å².